The summed E-state index contributed by atoms with van der Waals surface area (Å²) in [6.45, 7) is 0.977. The van der Waals surface area contributed by atoms with Crippen LogP contribution < -0.4 is 4.90 Å². The fourth-order valence-electron chi connectivity index (χ4n) is 9.42. The number of morpholine rings is 1. The van der Waals surface area contributed by atoms with Crippen molar-refractivity contribution < 1.29 is 38.5 Å². The molecule has 1 N–H and O–H groups in total. The zero-order valence-corrected chi connectivity index (χ0v) is 30.8. The number of carbonyl (C=O) groups excluding carboxylic acids is 4. The standard InChI is InChI=1S/C44H45N3O8/c1-53-27-28-54-43(52)46-34-20-12-11-19-33(34)44(42(46)51)35(40(49)45-25-13-3-2-4-14-26-45)37-41(50)55-38(30-17-9-6-10-18-30)36(29-15-7-5-8-16-29)47(37)39(44)31-21-23-32(48)24-22-31/h5-12,15-24,35-39,48H,2-4,13-14,25-28H2,1H3/t35-,36-,37-,38+,39+,44-/m0/s1. The summed E-state index contributed by atoms with van der Waals surface area (Å²) < 4.78 is 17.3. The van der Waals surface area contributed by atoms with Crippen molar-refractivity contribution in [1.29, 1.82) is 0 Å². The fourth-order valence-corrected chi connectivity index (χ4v) is 9.42. The molecule has 11 nitrogen and oxygen atoms in total. The molecule has 3 amide bonds. The van der Waals surface area contributed by atoms with Crippen LogP contribution in [0.3, 0.4) is 0 Å². The summed E-state index contributed by atoms with van der Waals surface area (Å²) in [7, 11) is 1.49. The van der Waals surface area contributed by atoms with Crippen LogP contribution in [0.5, 0.6) is 5.75 Å². The van der Waals surface area contributed by atoms with Crippen molar-refractivity contribution in [2.45, 2.75) is 61.7 Å². The molecule has 8 rings (SSSR count). The Hall–Kier alpha value is -5.52. The van der Waals surface area contributed by atoms with Crippen LogP contribution in [0.4, 0.5) is 10.5 Å². The SMILES string of the molecule is COCCOC(=O)N1C(=O)[C@@]2(c3ccccc31)[C@H](C(=O)N1CCCCCCC1)[C@H]1C(=O)O[C@H](c3ccccc3)[C@H](c3ccccc3)N1[C@@H]2c1ccc(O)cc1. The third kappa shape index (κ3) is 6.15. The topological polar surface area (TPSA) is 126 Å². The number of likely N-dealkylation sites (tertiary alicyclic amines) is 1. The Kier molecular flexibility index (Phi) is 10.2. The number of nitrogens with zero attached hydrogens (tertiary/aromatic N) is 3. The molecular formula is C44H45N3O8. The van der Waals surface area contributed by atoms with E-state index < -0.39 is 53.5 Å². The normalized spacial score (nSPS) is 26.5. The lowest BCUT2D eigenvalue weighted by atomic mass is 9.65. The van der Waals surface area contributed by atoms with E-state index in [0.29, 0.717) is 24.2 Å². The summed E-state index contributed by atoms with van der Waals surface area (Å²) in [6.07, 6.45) is 2.86. The Morgan fingerprint density at radius 3 is 2.04 bits per heavy atom. The smallest absolute Gasteiger partial charge is 0.421 e. The number of hydrogen-bond acceptors (Lipinski definition) is 9. The number of esters is 1. The van der Waals surface area contributed by atoms with Crippen molar-refractivity contribution in [2.75, 3.05) is 38.3 Å². The average molecular weight is 744 g/mol. The lowest BCUT2D eigenvalue weighted by Crippen LogP contribution is -2.56. The molecular weight excluding hydrogens is 698 g/mol. The van der Waals surface area contributed by atoms with Crippen LogP contribution in [0, 0.1) is 5.92 Å². The van der Waals surface area contributed by atoms with Crippen molar-refractivity contribution in [2.24, 2.45) is 5.92 Å². The van der Waals surface area contributed by atoms with Gasteiger partial charge in [-0.3, -0.25) is 19.3 Å². The van der Waals surface area contributed by atoms with E-state index in [0.717, 1.165) is 48.1 Å². The second-order valence-electron chi connectivity index (χ2n) is 14.7. The fraction of sp³-hybridized carbons (Fsp3) is 0.364. The molecule has 4 aliphatic rings. The van der Waals surface area contributed by atoms with E-state index in [1.165, 1.54) is 7.11 Å². The van der Waals surface area contributed by atoms with Crippen molar-refractivity contribution in [3.63, 3.8) is 0 Å². The van der Waals surface area contributed by atoms with Gasteiger partial charge < -0.3 is 24.2 Å². The van der Waals surface area contributed by atoms with E-state index in [1.54, 1.807) is 48.5 Å². The number of rotatable bonds is 7. The lowest BCUT2D eigenvalue weighted by molar-refractivity contribution is -0.179. The minimum absolute atomic E-state index is 0.0157. The minimum Gasteiger partial charge on any atom is -0.508 e. The number of benzene rings is 4. The van der Waals surface area contributed by atoms with Gasteiger partial charge in [0.1, 0.15) is 29.9 Å². The summed E-state index contributed by atoms with van der Waals surface area (Å²) in [5.41, 5.74) is 1.08. The van der Waals surface area contributed by atoms with E-state index in [1.807, 2.05) is 70.5 Å². The van der Waals surface area contributed by atoms with E-state index in [4.69, 9.17) is 14.2 Å². The molecule has 0 aromatic heterocycles. The van der Waals surface area contributed by atoms with Crippen LogP contribution in [-0.2, 0) is 34.0 Å². The maximum absolute atomic E-state index is 15.9. The van der Waals surface area contributed by atoms with E-state index >= 15 is 14.4 Å². The number of hydrogen-bond donors (Lipinski definition) is 1. The number of phenols is 1. The minimum atomic E-state index is -1.81. The van der Waals surface area contributed by atoms with Crippen molar-refractivity contribution in [3.8, 4) is 5.75 Å². The third-order valence-electron chi connectivity index (χ3n) is 11.7. The van der Waals surface area contributed by atoms with Gasteiger partial charge in [-0.1, -0.05) is 110 Å². The molecule has 0 radical (unpaired) electrons. The summed E-state index contributed by atoms with van der Waals surface area (Å²) >= 11 is 0. The Bertz CT molecular complexity index is 2030. The maximum Gasteiger partial charge on any atom is 0.421 e. The van der Waals surface area contributed by atoms with Crippen LogP contribution in [0.15, 0.2) is 109 Å². The highest BCUT2D eigenvalue weighted by Gasteiger charge is 2.76. The highest BCUT2D eigenvalue weighted by molar-refractivity contribution is 6.23. The molecule has 4 heterocycles. The summed E-state index contributed by atoms with van der Waals surface area (Å²) in [6, 6.07) is 29.8. The van der Waals surface area contributed by atoms with Gasteiger partial charge in [-0.05, 0) is 53.3 Å². The molecule has 11 heteroatoms. The predicted octanol–water partition coefficient (Wildman–Crippen LogP) is 6.63. The van der Waals surface area contributed by atoms with Gasteiger partial charge in [0.05, 0.1) is 30.3 Å². The van der Waals surface area contributed by atoms with Crippen molar-refractivity contribution in [1.82, 2.24) is 9.80 Å². The Morgan fingerprint density at radius 1 is 0.745 bits per heavy atom. The number of fused-ring (bicyclic) bond motifs is 3. The van der Waals surface area contributed by atoms with Gasteiger partial charge in [-0.25, -0.2) is 9.69 Å². The molecule has 0 aliphatic carbocycles. The number of imide groups is 1. The van der Waals surface area contributed by atoms with Crippen molar-refractivity contribution >= 4 is 29.6 Å². The summed E-state index contributed by atoms with van der Waals surface area (Å²) in [5, 5.41) is 10.5. The molecule has 4 aromatic rings. The average Bonchev–Trinajstić information content (AvgIpc) is 3.65. The molecule has 3 fully saturated rings. The third-order valence-corrected chi connectivity index (χ3v) is 11.7. The number of anilines is 1. The molecule has 6 atom stereocenters. The van der Waals surface area contributed by atoms with Gasteiger partial charge in [0.25, 0.3) is 0 Å². The van der Waals surface area contributed by atoms with Crippen LogP contribution in [0.2, 0.25) is 0 Å². The zero-order chi connectivity index (χ0) is 38.1. The van der Waals surface area contributed by atoms with Crippen LogP contribution >= 0.6 is 0 Å². The molecule has 1 spiro atoms. The molecule has 0 bridgehead atoms. The zero-order valence-electron chi connectivity index (χ0n) is 30.8. The Balaban J connectivity index is 1.42. The number of cyclic esters (lactones) is 1. The number of para-hydroxylation sites is 1. The van der Waals surface area contributed by atoms with Crippen LogP contribution in [-0.4, -0.2) is 78.2 Å². The number of methoxy groups -OCH3 is 1. The first-order valence-electron chi connectivity index (χ1n) is 19.1. The largest absolute Gasteiger partial charge is 0.508 e. The molecule has 4 aromatic carbocycles. The molecule has 4 aliphatic heterocycles. The molecule has 284 valence electrons. The highest BCUT2D eigenvalue weighted by atomic mass is 16.6. The molecule has 0 unspecified atom stereocenters. The summed E-state index contributed by atoms with van der Waals surface area (Å²) in [5.74, 6) is -2.91. The van der Waals surface area contributed by atoms with Crippen LogP contribution in [0.1, 0.15) is 72.5 Å². The van der Waals surface area contributed by atoms with E-state index in [2.05, 4.69) is 0 Å². The predicted molar refractivity (Wildman–Crippen MR) is 203 cm³/mol. The molecule has 55 heavy (non-hydrogen) atoms. The Morgan fingerprint density at radius 2 is 1.36 bits per heavy atom. The van der Waals surface area contributed by atoms with Gasteiger partial charge in [-0.15, -0.1) is 0 Å². The van der Waals surface area contributed by atoms with Gasteiger partial charge in [0.2, 0.25) is 11.8 Å². The number of phenolic OH excluding ortho intramolecular Hbond substituents is 1. The first kappa shape index (κ1) is 36.5. The lowest BCUT2D eigenvalue weighted by Gasteiger charge is -2.46. The quantitative estimate of drug-likeness (QED) is 0.164. The van der Waals surface area contributed by atoms with Gasteiger partial charge in [0.15, 0.2) is 0 Å². The second kappa shape index (κ2) is 15.3. The maximum atomic E-state index is 15.9. The van der Waals surface area contributed by atoms with E-state index in [9.17, 15) is 9.90 Å². The molecule has 0 saturated carbocycles. The number of amides is 3. The second-order valence-corrected chi connectivity index (χ2v) is 14.7. The first-order valence-corrected chi connectivity index (χ1v) is 19.1. The van der Waals surface area contributed by atoms with Crippen molar-refractivity contribution in [3.05, 3.63) is 131 Å². The first-order chi connectivity index (χ1) is 26.9. The monoisotopic (exact) mass is 743 g/mol. The highest BCUT2D eigenvalue weighted by Crippen LogP contribution is 2.66. The van der Waals surface area contributed by atoms with Gasteiger partial charge in [0, 0.05) is 20.2 Å². The van der Waals surface area contributed by atoms with E-state index in [-0.39, 0.29) is 30.6 Å². The van der Waals surface area contributed by atoms with Gasteiger partial charge in [-0.2, -0.15) is 0 Å². The number of carbonyl (C=O) groups is 4. The number of aromatic hydroxyl groups is 1. The Labute approximate surface area is 320 Å². The van der Waals surface area contributed by atoms with Crippen LogP contribution in [0.25, 0.3) is 0 Å². The summed E-state index contributed by atoms with van der Waals surface area (Å²) in [4.78, 5) is 65.5. The van der Waals surface area contributed by atoms with Gasteiger partial charge >= 0.3 is 12.1 Å². The molecule has 3 saturated heterocycles. The number of ether oxygens (including phenoxy) is 3.